The summed E-state index contributed by atoms with van der Waals surface area (Å²) in [4.78, 5) is 11.9. The molecule has 2 heterocycles. The van der Waals surface area contributed by atoms with Crippen LogP contribution in [0.15, 0.2) is 51.8 Å². The highest BCUT2D eigenvalue weighted by atomic mass is 32.2. The van der Waals surface area contributed by atoms with Gasteiger partial charge in [0.15, 0.2) is 0 Å². The smallest absolute Gasteiger partial charge is 0.417 e. The third kappa shape index (κ3) is 3.82. The van der Waals surface area contributed by atoms with Gasteiger partial charge in [-0.2, -0.15) is 0 Å². The molecule has 27 heavy (non-hydrogen) atoms. The minimum Gasteiger partial charge on any atom is -0.490 e. The molecule has 4 rings (SSSR count). The van der Waals surface area contributed by atoms with E-state index in [-0.39, 0.29) is 6.54 Å². The number of carbonyl (C=O) groups is 1. The summed E-state index contributed by atoms with van der Waals surface area (Å²) in [6.07, 6.45) is -1.01. The summed E-state index contributed by atoms with van der Waals surface area (Å²) >= 11 is 1.11. The molecular formula is C18H15N3O5S. The molecule has 0 unspecified atom stereocenters. The number of carboxylic acid groups (broad SMARTS) is 1. The number of nitrogens with zero attached hydrogens (tertiary/aromatic N) is 3. The van der Waals surface area contributed by atoms with Gasteiger partial charge >= 0.3 is 6.09 Å². The summed E-state index contributed by atoms with van der Waals surface area (Å²) in [5.74, 6) is 2.70. The zero-order valence-corrected chi connectivity index (χ0v) is 15.1. The summed E-state index contributed by atoms with van der Waals surface area (Å²) in [7, 11) is 0. The van der Waals surface area contributed by atoms with Gasteiger partial charge in [0, 0.05) is 12.5 Å². The molecular weight excluding hydrogens is 370 g/mol. The quantitative estimate of drug-likeness (QED) is 0.669. The van der Waals surface area contributed by atoms with Crippen molar-refractivity contribution in [2.45, 2.75) is 11.8 Å². The molecule has 1 N–H and O–H groups in total. The van der Waals surface area contributed by atoms with Gasteiger partial charge in [0.05, 0.1) is 11.4 Å². The van der Waals surface area contributed by atoms with E-state index in [4.69, 9.17) is 13.9 Å². The average Bonchev–Trinajstić information content (AvgIpc) is 2.97. The maximum absolute atomic E-state index is 11.3. The van der Waals surface area contributed by atoms with Crippen LogP contribution in [0.2, 0.25) is 0 Å². The Morgan fingerprint density at radius 2 is 2.07 bits per heavy atom. The highest BCUT2D eigenvalue weighted by Crippen LogP contribution is 2.38. The van der Waals surface area contributed by atoms with Crippen LogP contribution >= 0.6 is 11.9 Å². The minimum absolute atomic E-state index is 0.288. The maximum atomic E-state index is 11.3. The second-order valence-corrected chi connectivity index (χ2v) is 6.75. The predicted octanol–water partition coefficient (Wildman–Crippen LogP) is 4.22. The lowest BCUT2D eigenvalue weighted by atomic mass is 10.2. The molecule has 2 aromatic carbocycles. The molecule has 0 fully saturated rings. The summed E-state index contributed by atoms with van der Waals surface area (Å²) in [6.45, 7) is 2.32. The van der Waals surface area contributed by atoms with E-state index in [1.54, 1.807) is 31.2 Å². The number of aromatic nitrogens is 2. The molecule has 1 aliphatic heterocycles. The van der Waals surface area contributed by atoms with Crippen molar-refractivity contribution in [3.05, 3.63) is 48.4 Å². The van der Waals surface area contributed by atoms with Gasteiger partial charge in [0.25, 0.3) is 0 Å². The lowest BCUT2D eigenvalue weighted by molar-refractivity contribution is 0.170. The van der Waals surface area contributed by atoms with Gasteiger partial charge in [0.1, 0.15) is 23.9 Å². The fourth-order valence-corrected chi connectivity index (χ4v) is 3.39. The van der Waals surface area contributed by atoms with E-state index in [1.165, 1.54) is 4.31 Å². The molecule has 0 bridgehead atoms. The van der Waals surface area contributed by atoms with E-state index < -0.39 is 6.09 Å². The average molecular weight is 385 g/mol. The molecule has 0 saturated carbocycles. The van der Waals surface area contributed by atoms with Crippen LogP contribution in [0, 0.1) is 6.92 Å². The van der Waals surface area contributed by atoms with Gasteiger partial charge in [-0.3, -0.25) is 0 Å². The summed E-state index contributed by atoms with van der Waals surface area (Å²) in [5, 5.41) is 17.1. The molecule has 1 aromatic heterocycles. The fraction of sp³-hybridized carbons (Fsp3) is 0.167. The zero-order chi connectivity index (χ0) is 18.8. The van der Waals surface area contributed by atoms with Gasteiger partial charge in [-0.25, -0.2) is 9.10 Å². The normalized spacial score (nSPS) is 13.4. The molecule has 1 amide bonds. The molecule has 1 aliphatic rings. The number of benzene rings is 2. The van der Waals surface area contributed by atoms with E-state index in [1.807, 2.05) is 18.2 Å². The van der Waals surface area contributed by atoms with Crippen LogP contribution in [0.4, 0.5) is 4.79 Å². The minimum atomic E-state index is -1.01. The summed E-state index contributed by atoms with van der Waals surface area (Å²) in [6, 6.07) is 12.6. The Balaban J connectivity index is 1.58. The number of hydrogen-bond acceptors (Lipinski definition) is 7. The Labute approximate surface area is 158 Å². The van der Waals surface area contributed by atoms with Crippen molar-refractivity contribution in [1.82, 2.24) is 14.5 Å². The van der Waals surface area contributed by atoms with E-state index >= 15 is 0 Å². The number of aryl methyl sites for hydroxylation is 1. The first-order valence-electron chi connectivity index (χ1n) is 8.12. The first-order chi connectivity index (χ1) is 13.1. The number of amides is 1. The number of rotatable bonds is 3. The van der Waals surface area contributed by atoms with Crippen LogP contribution in [0.1, 0.15) is 5.89 Å². The monoisotopic (exact) mass is 385 g/mol. The van der Waals surface area contributed by atoms with Crippen molar-refractivity contribution in [2.24, 2.45) is 0 Å². The van der Waals surface area contributed by atoms with Crippen molar-refractivity contribution >= 4 is 18.0 Å². The SMILES string of the molecule is Cc1nnc(-c2cccc(Oc3ccc4c(c3)SN(C(=O)O)CCO4)c2)o1. The van der Waals surface area contributed by atoms with Crippen LogP contribution in [0.25, 0.3) is 11.5 Å². The molecule has 0 spiro atoms. The van der Waals surface area contributed by atoms with Gasteiger partial charge < -0.3 is 19.0 Å². The lowest BCUT2D eigenvalue weighted by Crippen LogP contribution is -2.25. The Kier molecular flexibility index (Phi) is 4.59. The molecule has 8 nitrogen and oxygen atoms in total. The van der Waals surface area contributed by atoms with Crippen molar-refractivity contribution < 1.29 is 23.8 Å². The van der Waals surface area contributed by atoms with Crippen LogP contribution in [0.3, 0.4) is 0 Å². The Morgan fingerprint density at radius 3 is 2.85 bits per heavy atom. The summed E-state index contributed by atoms with van der Waals surface area (Å²) < 4.78 is 18.2. The second-order valence-electron chi connectivity index (χ2n) is 5.69. The Bertz CT molecular complexity index is 991. The standard InChI is InChI=1S/C18H15N3O5S/c1-11-19-20-17(25-11)12-3-2-4-13(9-12)26-14-5-6-15-16(10-14)27-21(18(22)23)7-8-24-15/h2-6,9-10H,7-8H2,1H3,(H,22,23). The Hall–Kier alpha value is -3.20. The number of ether oxygens (including phenoxy) is 2. The summed E-state index contributed by atoms with van der Waals surface area (Å²) in [5.41, 5.74) is 0.748. The van der Waals surface area contributed by atoms with Crippen molar-refractivity contribution in [3.8, 4) is 28.7 Å². The second kappa shape index (κ2) is 7.20. The fourth-order valence-electron chi connectivity index (χ4n) is 2.52. The van der Waals surface area contributed by atoms with Gasteiger partial charge in [-0.1, -0.05) is 6.07 Å². The topological polar surface area (TPSA) is 97.9 Å². The van der Waals surface area contributed by atoms with E-state index in [2.05, 4.69) is 10.2 Å². The lowest BCUT2D eigenvalue weighted by Gasteiger charge is -2.14. The molecule has 0 radical (unpaired) electrons. The van der Waals surface area contributed by atoms with Crippen LogP contribution in [-0.4, -0.2) is 38.9 Å². The molecule has 9 heteroatoms. The number of hydrogen-bond donors (Lipinski definition) is 1. The first kappa shape index (κ1) is 17.2. The highest BCUT2D eigenvalue weighted by Gasteiger charge is 2.21. The first-order valence-corrected chi connectivity index (χ1v) is 8.89. The maximum Gasteiger partial charge on any atom is 0.417 e. The molecule has 0 aliphatic carbocycles. The predicted molar refractivity (Wildman–Crippen MR) is 97.1 cm³/mol. The van der Waals surface area contributed by atoms with E-state index in [0.29, 0.717) is 40.5 Å². The van der Waals surface area contributed by atoms with Gasteiger partial charge in [0.2, 0.25) is 11.8 Å². The van der Waals surface area contributed by atoms with Crippen LogP contribution in [0.5, 0.6) is 17.2 Å². The highest BCUT2D eigenvalue weighted by molar-refractivity contribution is 7.97. The van der Waals surface area contributed by atoms with Crippen LogP contribution in [-0.2, 0) is 0 Å². The van der Waals surface area contributed by atoms with Crippen molar-refractivity contribution in [2.75, 3.05) is 13.2 Å². The van der Waals surface area contributed by atoms with Crippen molar-refractivity contribution in [1.29, 1.82) is 0 Å². The molecule has 0 atom stereocenters. The molecule has 3 aromatic rings. The molecule has 0 saturated heterocycles. The third-order valence-corrected chi connectivity index (χ3v) is 4.81. The van der Waals surface area contributed by atoms with E-state index in [0.717, 1.165) is 17.5 Å². The third-order valence-electron chi connectivity index (χ3n) is 3.73. The van der Waals surface area contributed by atoms with Gasteiger partial charge in [-0.05, 0) is 48.3 Å². The largest absolute Gasteiger partial charge is 0.490 e. The number of fused-ring (bicyclic) bond motifs is 1. The van der Waals surface area contributed by atoms with Crippen LogP contribution < -0.4 is 9.47 Å². The Morgan fingerprint density at radius 1 is 1.22 bits per heavy atom. The molecule has 138 valence electrons. The van der Waals surface area contributed by atoms with Gasteiger partial charge in [-0.15, -0.1) is 10.2 Å². The van der Waals surface area contributed by atoms with Crippen molar-refractivity contribution in [3.63, 3.8) is 0 Å². The van der Waals surface area contributed by atoms with E-state index in [9.17, 15) is 9.90 Å². The zero-order valence-electron chi connectivity index (χ0n) is 14.3.